The summed E-state index contributed by atoms with van der Waals surface area (Å²) in [6, 6.07) is 14.5. The topological polar surface area (TPSA) is 68.8 Å². The van der Waals surface area contributed by atoms with Crippen LogP contribution in [0.15, 0.2) is 53.6 Å². The molecule has 2 aliphatic rings. The summed E-state index contributed by atoms with van der Waals surface area (Å²) in [4.78, 5) is 31.2. The van der Waals surface area contributed by atoms with Crippen molar-refractivity contribution in [1.29, 1.82) is 0 Å². The second kappa shape index (κ2) is 6.74. The number of fused-ring (bicyclic) bond motifs is 4. The van der Waals surface area contributed by atoms with Crippen LogP contribution >= 0.6 is 11.6 Å². The second-order valence-electron chi connectivity index (χ2n) is 7.42. The normalized spacial score (nSPS) is 21.7. The van der Waals surface area contributed by atoms with Crippen molar-refractivity contribution >= 4 is 40.5 Å². The molecule has 5 rings (SSSR count). The van der Waals surface area contributed by atoms with Crippen LogP contribution in [0.4, 0.5) is 0 Å². The Morgan fingerprint density at radius 1 is 1.14 bits per heavy atom. The summed E-state index contributed by atoms with van der Waals surface area (Å²) in [7, 11) is 0. The van der Waals surface area contributed by atoms with Gasteiger partial charge in [-0.15, -0.1) is 0 Å². The zero-order chi connectivity index (χ0) is 20.1. The Bertz CT molecular complexity index is 1170. The second-order valence-corrected chi connectivity index (χ2v) is 7.83. The minimum absolute atomic E-state index is 0.0732. The van der Waals surface area contributed by atoms with Gasteiger partial charge in [-0.3, -0.25) is 9.59 Å². The average molecular weight is 407 g/mol. The molecule has 1 N–H and O–H groups in total. The van der Waals surface area contributed by atoms with Gasteiger partial charge < -0.3 is 9.88 Å². The van der Waals surface area contributed by atoms with Crippen molar-refractivity contribution in [3.05, 3.63) is 70.4 Å². The molecule has 1 fully saturated rings. The third kappa shape index (κ3) is 2.83. The van der Waals surface area contributed by atoms with Crippen LogP contribution in [-0.2, 0) is 16.0 Å². The molecule has 1 aromatic heterocycles. The molecule has 146 valence electrons. The van der Waals surface area contributed by atoms with Crippen molar-refractivity contribution < 1.29 is 9.59 Å². The highest BCUT2D eigenvalue weighted by Gasteiger charge is 2.46. The largest absolute Gasteiger partial charge is 0.356 e. The van der Waals surface area contributed by atoms with E-state index in [9.17, 15) is 9.59 Å². The molecule has 2 aliphatic heterocycles. The van der Waals surface area contributed by atoms with Crippen LogP contribution in [0.2, 0.25) is 5.02 Å². The fourth-order valence-electron chi connectivity index (χ4n) is 4.36. The smallest absolute Gasteiger partial charge is 0.266 e. The SMILES string of the molecule is C[C@H]1c2[nH]c3ccccc3c2C[C@H]2C(=O)N(/N=C/c3ccccc3Cl)CC(=O)N21. The number of piperazine rings is 1. The summed E-state index contributed by atoms with van der Waals surface area (Å²) in [5.74, 6) is -0.279. The van der Waals surface area contributed by atoms with Crippen LogP contribution in [0.5, 0.6) is 0 Å². The molecule has 3 heterocycles. The van der Waals surface area contributed by atoms with Crippen molar-refractivity contribution in [3.63, 3.8) is 0 Å². The summed E-state index contributed by atoms with van der Waals surface area (Å²) in [5, 5.41) is 7.20. The minimum atomic E-state index is -0.554. The van der Waals surface area contributed by atoms with Crippen LogP contribution in [-0.4, -0.2) is 45.5 Å². The number of carbonyl (C=O) groups excluding carboxylic acids is 2. The fraction of sp³-hybridized carbons (Fsp3) is 0.227. The number of H-pyrrole nitrogens is 1. The Morgan fingerprint density at radius 2 is 1.90 bits per heavy atom. The van der Waals surface area contributed by atoms with Crippen LogP contribution < -0.4 is 0 Å². The summed E-state index contributed by atoms with van der Waals surface area (Å²) in [6.07, 6.45) is 2.01. The zero-order valence-electron chi connectivity index (χ0n) is 15.8. The van der Waals surface area contributed by atoms with Gasteiger partial charge >= 0.3 is 0 Å². The van der Waals surface area contributed by atoms with Gasteiger partial charge in [0.25, 0.3) is 5.91 Å². The molecule has 0 aliphatic carbocycles. The van der Waals surface area contributed by atoms with Gasteiger partial charge in [0.05, 0.1) is 12.3 Å². The molecule has 0 unspecified atom stereocenters. The molecule has 0 saturated carbocycles. The standard InChI is InChI=1S/C22H19ClN4O2/c1-13-21-16(15-7-3-5-9-18(15)25-21)10-19-22(29)26(12-20(28)27(13)19)24-11-14-6-2-4-8-17(14)23/h2-9,11,13,19,25H,10,12H2,1H3/b24-11+/t13-,19-/m0/s1. The first kappa shape index (κ1) is 17.9. The Hall–Kier alpha value is -3.12. The van der Waals surface area contributed by atoms with Crippen molar-refractivity contribution in [2.24, 2.45) is 5.10 Å². The predicted octanol–water partition coefficient (Wildman–Crippen LogP) is 3.51. The van der Waals surface area contributed by atoms with E-state index in [1.165, 1.54) is 11.2 Å². The first-order valence-electron chi connectivity index (χ1n) is 9.55. The van der Waals surface area contributed by atoms with E-state index in [0.29, 0.717) is 17.0 Å². The quantitative estimate of drug-likeness (QED) is 0.661. The lowest BCUT2D eigenvalue weighted by Crippen LogP contribution is -2.61. The maximum atomic E-state index is 13.2. The number of halogens is 1. The van der Waals surface area contributed by atoms with Crippen molar-refractivity contribution in [2.75, 3.05) is 6.54 Å². The molecular weight excluding hydrogens is 388 g/mol. The Labute approximate surface area is 172 Å². The number of aromatic amines is 1. The molecule has 3 aromatic rings. The summed E-state index contributed by atoms with van der Waals surface area (Å²) in [5.41, 5.74) is 3.84. The van der Waals surface area contributed by atoms with Gasteiger partial charge in [-0.1, -0.05) is 48.0 Å². The van der Waals surface area contributed by atoms with Gasteiger partial charge in [0.2, 0.25) is 5.91 Å². The zero-order valence-corrected chi connectivity index (χ0v) is 16.6. The number of nitrogens with zero attached hydrogens (tertiary/aromatic N) is 3. The van der Waals surface area contributed by atoms with E-state index in [2.05, 4.69) is 16.2 Å². The molecule has 0 spiro atoms. The Morgan fingerprint density at radius 3 is 2.72 bits per heavy atom. The van der Waals surface area contributed by atoms with Gasteiger partial charge in [0.1, 0.15) is 12.6 Å². The van der Waals surface area contributed by atoms with E-state index in [1.54, 1.807) is 11.0 Å². The highest BCUT2D eigenvalue weighted by Crippen LogP contribution is 2.38. The number of hydrazone groups is 1. The van der Waals surface area contributed by atoms with Crippen LogP contribution in [0.25, 0.3) is 10.9 Å². The van der Waals surface area contributed by atoms with E-state index < -0.39 is 6.04 Å². The van der Waals surface area contributed by atoms with Crippen LogP contribution in [0.1, 0.15) is 29.8 Å². The lowest BCUT2D eigenvalue weighted by Gasteiger charge is -2.44. The molecule has 7 heteroatoms. The average Bonchev–Trinajstić information content (AvgIpc) is 3.10. The summed E-state index contributed by atoms with van der Waals surface area (Å²) < 4.78 is 0. The fourth-order valence-corrected chi connectivity index (χ4v) is 4.55. The van der Waals surface area contributed by atoms with Crippen LogP contribution in [0.3, 0.4) is 0 Å². The number of para-hydroxylation sites is 1. The number of nitrogens with one attached hydrogen (secondary N) is 1. The highest BCUT2D eigenvalue weighted by atomic mass is 35.5. The van der Waals surface area contributed by atoms with Crippen molar-refractivity contribution in [1.82, 2.24) is 14.9 Å². The molecule has 0 bridgehead atoms. The molecule has 2 atom stereocenters. The first-order chi connectivity index (χ1) is 14.0. The van der Waals surface area contributed by atoms with Gasteiger partial charge in [0, 0.05) is 33.6 Å². The van der Waals surface area contributed by atoms with Gasteiger partial charge in [-0.05, 0) is 24.6 Å². The molecule has 2 amide bonds. The molecular formula is C22H19ClN4O2. The number of hydrogen-bond donors (Lipinski definition) is 1. The minimum Gasteiger partial charge on any atom is -0.356 e. The van der Waals surface area contributed by atoms with E-state index in [0.717, 1.165) is 22.2 Å². The maximum absolute atomic E-state index is 13.2. The predicted molar refractivity (Wildman–Crippen MR) is 112 cm³/mol. The third-order valence-electron chi connectivity index (χ3n) is 5.77. The molecule has 1 saturated heterocycles. The van der Waals surface area contributed by atoms with Crippen LogP contribution in [0, 0.1) is 0 Å². The Kier molecular flexibility index (Phi) is 4.17. The molecule has 6 nitrogen and oxygen atoms in total. The van der Waals surface area contributed by atoms with Gasteiger partial charge in [0.15, 0.2) is 0 Å². The summed E-state index contributed by atoms with van der Waals surface area (Å²) >= 11 is 6.16. The molecule has 0 radical (unpaired) electrons. The summed E-state index contributed by atoms with van der Waals surface area (Å²) in [6.45, 7) is 1.89. The van der Waals surface area contributed by atoms with E-state index >= 15 is 0 Å². The lowest BCUT2D eigenvalue weighted by molar-refractivity contribution is -0.159. The lowest BCUT2D eigenvalue weighted by atomic mass is 9.90. The highest BCUT2D eigenvalue weighted by molar-refractivity contribution is 6.33. The monoisotopic (exact) mass is 406 g/mol. The number of benzene rings is 2. The van der Waals surface area contributed by atoms with E-state index in [1.807, 2.05) is 43.3 Å². The molecule has 29 heavy (non-hydrogen) atoms. The van der Waals surface area contributed by atoms with Gasteiger partial charge in [-0.25, -0.2) is 5.01 Å². The number of rotatable bonds is 2. The first-order valence-corrected chi connectivity index (χ1v) is 9.93. The van der Waals surface area contributed by atoms with Crippen molar-refractivity contribution in [2.45, 2.75) is 25.4 Å². The van der Waals surface area contributed by atoms with E-state index in [-0.39, 0.29) is 24.4 Å². The van der Waals surface area contributed by atoms with Crippen molar-refractivity contribution in [3.8, 4) is 0 Å². The Balaban J connectivity index is 1.49. The number of aromatic nitrogens is 1. The maximum Gasteiger partial charge on any atom is 0.266 e. The third-order valence-corrected chi connectivity index (χ3v) is 6.11. The number of carbonyl (C=O) groups is 2. The number of hydrogen-bond acceptors (Lipinski definition) is 3. The molecule has 2 aromatic carbocycles. The van der Waals surface area contributed by atoms with E-state index in [4.69, 9.17) is 11.6 Å². The van der Waals surface area contributed by atoms with Gasteiger partial charge in [-0.2, -0.15) is 5.10 Å². The number of amides is 2.